The lowest BCUT2D eigenvalue weighted by atomic mass is 9.88. The van der Waals surface area contributed by atoms with Crippen molar-refractivity contribution in [2.75, 3.05) is 13.6 Å². The number of fused-ring (bicyclic) bond motifs is 1. The molecule has 0 spiro atoms. The molecule has 0 N–H and O–H groups in total. The van der Waals surface area contributed by atoms with Gasteiger partial charge >= 0.3 is 6.18 Å². The Hall–Kier alpha value is -1.33. The number of hydrogen-bond acceptors (Lipinski definition) is 2. The lowest BCUT2D eigenvalue weighted by molar-refractivity contribution is -0.137. The molecule has 0 saturated carbocycles. The Kier molecular flexibility index (Phi) is 3.58. The van der Waals surface area contributed by atoms with Crippen LogP contribution in [0.1, 0.15) is 32.4 Å². The number of thiophene rings is 1. The molecule has 3 rings (SSSR count). The smallest absolute Gasteiger partial charge is 0.300 e. The van der Waals surface area contributed by atoms with Crippen LogP contribution in [0.5, 0.6) is 0 Å². The molecule has 21 heavy (non-hydrogen) atoms. The first kappa shape index (κ1) is 14.6. The normalized spacial score (nSPS) is 19.6. The summed E-state index contributed by atoms with van der Waals surface area (Å²) < 4.78 is 38.0. The van der Waals surface area contributed by atoms with E-state index in [1.54, 1.807) is 23.5 Å². The average Bonchev–Trinajstić information content (AvgIpc) is 2.77. The van der Waals surface area contributed by atoms with E-state index in [0.717, 1.165) is 18.7 Å². The van der Waals surface area contributed by atoms with E-state index in [1.807, 2.05) is 0 Å². The Morgan fingerprint density at radius 3 is 2.48 bits per heavy atom. The number of rotatable bonds is 1. The summed E-state index contributed by atoms with van der Waals surface area (Å²) in [6.45, 7) is 3.84. The Bertz CT molecular complexity index is 643. The van der Waals surface area contributed by atoms with Crippen LogP contribution in [-0.2, 0) is 12.7 Å². The zero-order valence-corrected chi connectivity index (χ0v) is 12.7. The summed E-state index contributed by atoms with van der Waals surface area (Å²) in [5, 5.41) is 0. The van der Waals surface area contributed by atoms with Crippen LogP contribution in [0.15, 0.2) is 30.3 Å². The van der Waals surface area contributed by atoms with Gasteiger partial charge in [-0.2, -0.15) is 13.2 Å². The molecule has 1 aliphatic rings. The highest BCUT2D eigenvalue weighted by Gasteiger charge is 2.31. The molecule has 0 aliphatic carbocycles. The Labute approximate surface area is 126 Å². The van der Waals surface area contributed by atoms with Gasteiger partial charge in [0.25, 0.3) is 0 Å². The second-order valence-electron chi connectivity index (χ2n) is 5.60. The van der Waals surface area contributed by atoms with Gasteiger partial charge in [-0.25, -0.2) is 0 Å². The first-order valence-corrected chi connectivity index (χ1v) is 7.61. The molecule has 2 aromatic rings. The van der Waals surface area contributed by atoms with E-state index in [9.17, 15) is 13.2 Å². The Balaban J connectivity index is 1.97. The molecular formula is C16H16F3NS. The molecule has 2 heterocycles. The predicted octanol–water partition coefficient (Wildman–Crippen LogP) is 4.65. The van der Waals surface area contributed by atoms with Gasteiger partial charge in [-0.1, -0.05) is 12.1 Å². The number of benzene rings is 1. The monoisotopic (exact) mass is 311 g/mol. The van der Waals surface area contributed by atoms with E-state index in [2.05, 4.69) is 24.9 Å². The van der Waals surface area contributed by atoms with Gasteiger partial charge in [-0.05, 0) is 43.3 Å². The minimum Gasteiger partial charge on any atom is -0.300 e. The van der Waals surface area contributed by atoms with E-state index >= 15 is 0 Å². The minimum atomic E-state index is -4.27. The lowest BCUT2D eigenvalue weighted by Crippen LogP contribution is -2.29. The van der Waals surface area contributed by atoms with Crippen molar-refractivity contribution in [1.29, 1.82) is 0 Å². The molecule has 1 aromatic heterocycles. The number of hydrogen-bond donors (Lipinski definition) is 0. The van der Waals surface area contributed by atoms with Gasteiger partial charge < -0.3 is 4.90 Å². The fraction of sp³-hybridized carbons (Fsp3) is 0.375. The maximum absolute atomic E-state index is 12.7. The molecule has 0 radical (unpaired) electrons. The highest BCUT2D eigenvalue weighted by Crippen LogP contribution is 2.38. The van der Waals surface area contributed by atoms with Crippen LogP contribution in [0.25, 0.3) is 0 Å². The number of nitrogens with zero attached hydrogens (tertiary/aromatic N) is 1. The van der Waals surface area contributed by atoms with Gasteiger partial charge in [0.1, 0.15) is 0 Å². The van der Waals surface area contributed by atoms with Gasteiger partial charge in [0, 0.05) is 28.8 Å². The summed E-state index contributed by atoms with van der Waals surface area (Å²) in [5.41, 5.74) is 1.64. The lowest BCUT2D eigenvalue weighted by Gasteiger charge is -2.30. The third-order valence-corrected chi connectivity index (χ3v) is 4.94. The molecule has 1 aliphatic heterocycles. The summed E-state index contributed by atoms with van der Waals surface area (Å²) in [5.74, 6) is 0.158. The van der Waals surface area contributed by atoms with Crippen LogP contribution in [0.3, 0.4) is 0 Å². The number of aryl methyl sites for hydroxylation is 1. The largest absolute Gasteiger partial charge is 0.416 e. The fourth-order valence-electron chi connectivity index (χ4n) is 2.91. The molecule has 5 heteroatoms. The quantitative estimate of drug-likeness (QED) is 0.741. The zero-order valence-electron chi connectivity index (χ0n) is 11.9. The molecule has 1 atom stereocenters. The maximum Gasteiger partial charge on any atom is 0.416 e. The third kappa shape index (κ3) is 2.85. The maximum atomic E-state index is 12.7. The van der Waals surface area contributed by atoms with Crippen LogP contribution in [0.4, 0.5) is 13.2 Å². The molecule has 112 valence electrons. The van der Waals surface area contributed by atoms with Crippen LogP contribution in [0.2, 0.25) is 0 Å². The van der Waals surface area contributed by atoms with Gasteiger partial charge in [-0.15, -0.1) is 11.3 Å². The molecule has 1 unspecified atom stereocenters. The molecule has 0 amide bonds. The first-order chi connectivity index (χ1) is 9.84. The van der Waals surface area contributed by atoms with Crippen molar-refractivity contribution in [3.8, 4) is 0 Å². The van der Waals surface area contributed by atoms with Crippen molar-refractivity contribution in [1.82, 2.24) is 4.90 Å². The highest BCUT2D eigenvalue weighted by molar-refractivity contribution is 7.12. The van der Waals surface area contributed by atoms with Crippen molar-refractivity contribution in [3.63, 3.8) is 0 Å². The number of likely N-dealkylation sites (N-methyl/N-ethyl adjacent to an activating group) is 1. The van der Waals surface area contributed by atoms with Crippen LogP contribution >= 0.6 is 11.3 Å². The van der Waals surface area contributed by atoms with E-state index < -0.39 is 11.7 Å². The standard InChI is InChI=1S/C16H16F3NS/c1-10-7-13-14(8-20(2)9-15(13)21-10)11-3-5-12(6-4-11)16(17,18)19/h3-7,14H,8-9H2,1-2H3. The predicted molar refractivity (Wildman–Crippen MR) is 78.7 cm³/mol. The Morgan fingerprint density at radius 1 is 1.19 bits per heavy atom. The molecular weight excluding hydrogens is 295 g/mol. The summed E-state index contributed by atoms with van der Waals surface area (Å²) in [6.07, 6.45) is -4.27. The van der Waals surface area contributed by atoms with Gasteiger partial charge in [-0.3, -0.25) is 0 Å². The van der Waals surface area contributed by atoms with Gasteiger partial charge in [0.05, 0.1) is 5.56 Å². The zero-order chi connectivity index (χ0) is 15.2. The summed E-state index contributed by atoms with van der Waals surface area (Å²) >= 11 is 1.78. The summed E-state index contributed by atoms with van der Waals surface area (Å²) in [6, 6.07) is 7.77. The number of alkyl halides is 3. The second kappa shape index (κ2) is 5.14. The molecule has 0 saturated heterocycles. The molecule has 1 nitrogen and oxygen atoms in total. The van der Waals surface area contributed by atoms with Crippen molar-refractivity contribution in [2.24, 2.45) is 0 Å². The van der Waals surface area contributed by atoms with E-state index in [4.69, 9.17) is 0 Å². The van der Waals surface area contributed by atoms with Crippen molar-refractivity contribution in [3.05, 3.63) is 56.8 Å². The first-order valence-electron chi connectivity index (χ1n) is 6.79. The minimum absolute atomic E-state index is 0.158. The van der Waals surface area contributed by atoms with Crippen molar-refractivity contribution < 1.29 is 13.2 Å². The topological polar surface area (TPSA) is 3.24 Å². The van der Waals surface area contributed by atoms with Crippen LogP contribution in [-0.4, -0.2) is 18.5 Å². The van der Waals surface area contributed by atoms with E-state index in [-0.39, 0.29) is 5.92 Å². The average molecular weight is 311 g/mol. The molecule has 0 bridgehead atoms. The highest BCUT2D eigenvalue weighted by atomic mass is 32.1. The molecule has 0 fully saturated rings. The second-order valence-corrected chi connectivity index (χ2v) is 6.95. The third-order valence-electron chi connectivity index (χ3n) is 3.89. The summed E-state index contributed by atoms with van der Waals surface area (Å²) in [7, 11) is 2.05. The molecule has 1 aromatic carbocycles. The van der Waals surface area contributed by atoms with Crippen molar-refractivity contribution in [2.45, 2.75) is 25.6 Å². The van der Waals surface area contributed by atoms with Crippen molar-refractivity contribution >= 4 is 11.3 Å². The Morgan fingerprint density at radius 2 is 1.86 bits per heavy atom. The van der Waals surface area contributed by atoms with Crippen LogP contribution in [0, 0.1) is 6.92 Å². The van der Waals surface area contributed by atoms with Gasteiger partial charge in [0.2, 0.25) is 0 Å². The van der Waals surface area contributed by atoms with E-state index in [1.165, 1.54) is 27.5 Å². The van der Waals surface area contributed by atoms with Crippen LogP contribution < -0.4 is 0 Å². The number of halogens is 3. The van der Waals surface area contributed by atoms with Gasteiger partial charge in [0.15, 0.2) is 0 Å². The summed E-state index contributed by atoms with van der Waals surface area (Å²) in [4.78, 5) is 4.80. The SMILES string of the molecule is Cc1cc2c(s1)CN(C)CC2c1ccc(C(F)(F)F)cc1. The van der Waals surface area contributed by atoms with E-state index in [0.29, 0.717) is 0 Å². The fourth-order valence-corrected chi connectivity index (χ4v) is 4.09.